The van der Waals surface area contributed by atoms with Crippen molar-refractivity contribution < 1.29 is 9.59 Å². The molecule has 27 heavy (non-hydrogen) atoms. The Balaban J connectivity index is 1.53. The van der Waals surface area contributed by atoms with Crippen LogP contribution in [0, 0.1) is 0 Å². The minimum Gasteiger partial charge on any atom is -0.337 e. The highest BCUT2D eigenvalue weighted by Gasteiger charge is 2.35. The standard InChI is InChI=1S/C21H30N4O2/c1-2-23-11-4-6-16(23)14-25-15-19-17(7-3-8-18(19)21(25)27)20(26)24-12-5-9-22-10-13-24/h3,7-8,16,22H,2,4-6,9-15H2,1H3. The highest BCUT2D eigenvalue weighted by Crippen LogP contribution is 2.29. The van der Waals surface area contributed by atoms with E-state index >= 15 is 0 Å². The molecule has 0 saturated carbocycles. The summed E-state index contributed by atoms with van der Waals surface area (Å²) in [5.41, 5.74) is 2.35. The van der Waals surface area contributed by atoms with Crippen molar-refractivity contribution in [2.45, 2.75) is 38.8 Å². The smallest absolute Gasteiger partial charge is 0.254 e. The fourth-order valence-corrected chi connectivity index (χ4v) is 4.73. The third-order valence-corrected chi connectivity index (χ3v) is 6.24. The zero-order valence-electron chi connectivity index (χ0n) is 16.2. The van der Waals surface area contributed by atoms with E-state index in [4.69, 9.17) is 0 Å². The van der Waals surface area contributed by atoms with Crippen molar-refractivity contribution in [3.8, 4) is 0 Å². The van der Waals surface area contributed by atoms with Gasteiger partial charge < -0.3 is 15.1 Å². The van der Waals surface area contributed by atoms with Gasteiger partial charge in [-0.25, -0.2) is 0 Å². The van der Waals surface area contributed by atoms with Crippen LogP contribution in [0.3, 0.4) is 0 Å². The number of carbonyl (C=O) groups is 2. The Morgan fingerprint density at radius 2 is 2.07 bits per heavy atom. The summed E-state index contributed by atoms with van der Waals surface area (Å²) in [6, 6.07) is 6.08. The summed E-state index contributed by atoms with van der Waals surface area (Å²) in [6.07, 6.45) is 3.33. The van der Waals surface area contributed by atoms with Crippen LogP contribution in [0.4, 0.5) is 0 Å². The maximum Gasteiger partial charge on any atom is 0.254 e. The first-order valence-corrected chi connectivity index (χ1v) is 10.3. The Morgan fingerprint density at radius 1 is 1.19 bits per heavy atom. The predicted molar refractivity (Wildman–Crippen MR) is 105 cm³/mol. The molecular weight excluding hydrogens is 340 g/mol. The number of benzene rings is 1. The summed E-state index contributed by atoms with van der Waals surface area (Å²) in [5.74, 6) is 0.154. The molecule has 1 aromatic carbocycles. The summed E-state index contributed by atoms with van der Waals surface area (Å²) >= 11 is 0. The van der Waals surface area contributed by atoms with Crippen molar-refractivity contribution in [2.24, 2.45) is 0 Å². The van der Waals surface area contributed by atoms with E-state index < -0.39 is 0 Å². The second-order valence-electron chi connectivity index (χ2n) is 7.84. The minimum absolute atomic E-state index is 0.0706. The summed E-state index contributed by atoms with van der Waals surface area (Å²) in [4.78, 5) is 32.4. The van der Waals surface area contributed by atoms with E-state index in [1.807, 2.05) is 28.0 Å². The van der Waals surface area contributed by atoms with Gasteiger partial charge in [0.15, 0.2) is 0 Å². The van der Waals surface area contributed by atoms with Crippen molar-refractivity contribution in [3.63, 3.8) is 0 Å². The number of fused-ring (bicyclic) bond motifs is 1. The van der Waals surface area contributed by atoms with Gasteiger partial charge in [0.2, 0.25) is 0 Å². The number of amides is 2. The molecule has 3 heterocycles. The summed E-state index contributed by atoms with van der Waals surface area (Å²) in [6.45, 7) is 8.98. The Hall–Kier alpha value is -1.92. The topological polar surface area (TPSA) is 55.9 Å². The zero-order valence-corrected chi connectivity index (χ0v) is 16.2. The molecule has 0 bridgehead atoms. The van der Waals surface area contributed by atoms with Gasteiger partial charge in [0.1, 0.15) is 0 Å². The van der Waals surface area contributed by atoms with E-state index in [-0.39, 0.29) is 11.8 Å². The highest BCUT2D eigenvalue weighted by molar-refractivity contribution is 6.04. The Bertz CT molecular complexity index is 712. The first-order valence-electron chi connectivity index (χ1n) is 10.3. The Morgan fingerprint density at radius 3 is 2.93 bits per heavy atom. The van der Waals surface area contributed by atoms with Gasteiger partial charge in [-0.3, -0.25) is 14.5 Å². The van der Waals surface area contributed by atoms with Gasteiger partial charge in [-0.2, -0.15) is 0 Å². The lowest BCUT2D eigenvalue weighted by atomic mass is 10.0. The van der Waals surface area contributed by atoms with Gasteiger partial charge >= 0.3 is 0 Å². The summed E-state index contributed by atoms with van der Waals surface area (Å²) in [5, 5.41) is 3.34. The first kappa shape index (κ1) is 18.4. The number of hydrogen-bond acceptors (Lipinski definition) is 4. The average Bonchev–Trinajstić information content (AvgIpc) is 3.14. The summed E-state index contributed by atoms with van der Waals surface area (Å²) in [7, 11) is 0. The molecule has 0 aromatic heterocycles. The van der Waals surface area contributed by atoms with Gasteiger partial charge in [-0.1, -0.05) is 13.0 Å². The van der Waals surface area contributed by atoms with E-state index in [2.05, 4.69) is 17.1 Å². The van der Waals surface area contributed by atoms with E-state index in [0.29, 0.717) is 18.2 Å². The molecule has 1 N–H and O–H groups in total. The van der Waals surface area contributed by atoms with Crippen molar-refractivity contribution in [1.82, 2.24) is 20.0 Å². The molecule has 2 amide bonds. The normalized spacial score (nSPS) is 23.6. The third-order valence-electron chi connectivity index (χ3n) is 6.24. The molecule has 0 spiro atoms. The van der Waals surface area contributed by atoms with Crippen LogP contribution in [0.1, 0.15) is 52.5 Å². The van der Waals surface area contributed by atoms with Gasteiger partial charge in [-0.05, 0) is 56.6 Å². The average molecular weight is 370 g/mol. The van der Waals surface area contributed by atoms with Crippen LogP contribution in [0.2, 0.25) is 0 Å². The fraction of sp³-hybridized carbons (Fsp3) is 0.619. The largest absolute Gasteiger partial charge is 0.337 e. The molecule has 2 fully saturated rings. The van der Waals surface area contributed by atoms with E-state index in [1.165, 1.54) is 6.42 Å². The molecule has 0 radical (unpaired) electrons. The molecule has 4 rings (SSSR count). The minimum atomic E-state index is 0.0706. The molecular formula is C21H30N4O2. The van der Waals surface area contributed by atoms with Gasteiger partial charge in [0.25, 0.3) is 11.8 Å². The number of carbonyl (C=O) groups excluding carboxylic acids is 2. The quantitative estimate of drug-likeness (QED) is 0.874. The lowest BCUT2D eigenvalue weighted by Crippen LogP contribution is -2.40. The van der Waals surface area contributed by atoms with Crippen molar-refractivity contribution >= 4 is 11.8 Å². The zero-order chi connectivity index (χ0) is 18.8. The molecule has 2 saturated heterocycles. The highest BCUT2D eigenvalue weighted by atomic mass is 16.2. The monoisotopic (exact) mass is 370 g/mol. The van der Waals surface area contributed by atoms with Crippen LogP contribution in [0.15, 0.2) is 18.2 Å². The number of likely N-dealkylation sites (N-methyl/N-ethyl adjacent to an activating group) is 1. The van der Waals surface area contributed by atoms with Crippen LogP contribution < -0.4 is 5.32 Å². The second-order valence-corrected chi connectivity index (χ2v) is 7.84. The molecule has 1 unspecified atom stereocenters. The SMILES string of the molecule is CCN1CCCC1CN1Cc2c(C(=O)N3CCCNCC3)cccc2C1=O. The number of hydrogen-bond donors (Lipinski definition) is 1. The number of rotatable bonds is 4. The number of nitrogens with one attached hydrogen (secondary N) is 1. The molecule has 6 nitrogen and oxygen atoms in total. The van der Waals surface area contributed by atoms with Crippen LogP contribution in [-0.2, 0) is 6.54 Å². The lowest BCUT2D eigenvalue weighted by Gasteiger charge is -2.27. The van der Waals surface area contributed by atoms with Crippen molar-refractivity contribution in [2.75, 3.05) is 45.8 Å². The molecule has 3 aliphatic rings. The lowest BCUT2D eigenvalue weighted by molar-refractivity contribution is 0.0724. The summed E-state index contributed by atoms with van der Waals surface area (Å²) < 4.78 is 0. The van der Waals surface area contributed by atoms with Gasteiger partial charge in [-0.15, -0.1) is 0 Å². The van der Waals surface area contributed by atoms with Crippen LogP contribution >= 0.6 is 0 Å². The van der Waals surface area contributed by atoms with Crippen LogP contribution in [-0.4, -0.2) is 78.4 Å². The maximum atomic E-state index is 13.1. The van der Waals surface area contributed by atoms with Crippen molar-refractivity contribution in [1.29, 1.82) is 0 Å². The van der Waals surface area contributed by atoms with E-state index in [1.54, 1.807) is 0 Å². The molecule has 146 valence electrons. The van der Waals surface area contributed by atoms with Crippen LogP contribution in [0.25, 0.3) is 0 Å². The van der Waals surface area contributed by atoms with Crippen molar-refractivity contribution in [3.05, 3.63) is 34.9 Å². The molecule has 3 aliphatic heterocycles. The van der Waals surface area contributed by atoms with E-state index in [9.17, 15) is 9.59 Å². The van der Waals surface area contributed by atoms with E-state index in [0.717, 1.165) is 69.8 Å². The molecule has 6 heteroatoms. The number of nitrogens with zero attached hydrogens (tertiary/aromatic N) is 3. The predicted octanol–water partition coefficient (Wildman–Crippen LogP) is 1.56. The third kappa shape index (κ3) is 3.60. The van der Waals surface area contributed by atoms with Gasteiger partial charge in [0, 0.05) is 49.9 Å². The maximum absolute atomic E-state index is 13.1. The molecule has 0 aliphatic carbocycles. The van der Waals surface area contributed by atoms with Crippen LogP contribution in [0.5, 0.6) is 0 Å². The molecule has 1 atom stereocenters. The molecule has 1 aromatic rings. The second kappa shape index (κ2) is 7.98. The fourth-order valence-electron chi connectivity index (χ4n) is 4.73. The Kier molecular flexibility index (Phi) is 5.45. The first-order chi connectivity index (χ1) is 13.2. The number of likely N-dealkylation sites (tertiary alicyclic amines) is 1. The van der Waals surface area contributed by atoms with Gasteiger partial charge in [0.05, 0.1) is 0 Å². The Labute approximate surface area is 161 Å².